The molecule has 1 unspecified atom stereocenters. The van der Waals surface area contributed by atoms with Gasteiger partial charge in [0.05, 0.1) is 19.4 Å². The van der Waals surface area contributed by atoms with Gasteiger partial charge in [-0.2, -0.15) is 0 Å². The monoisotopic (exact) mass is 263 g/mol. The normalized spacial score (nSPS) is 17.8. The van der Waals surface area contributed by atoms with E-state index in [-0.39, 0.29) is 12.3 Å². The number of para-hydroxylation sites is 1. The van der Waals surface area contributed by atoms with Crippen LogP contribution in [-0.4, -0.2) is 35.6 Å². The minimum atomic E-state index is -1.08. The van der Waals surface area contributed by atoms with Crippen molar-refractivity contribution in [2.75, 3.05) is 6.61 Å². The highest BCUT2D eigenvalue weighted by molar-refractivity contribution is 5.98. The Labute approximate surface area is 109 Å². The minimum absolute atomic E-state index is 0.229. The lowest BCUT2D eigenvalue weighted by molar-refractivity contribution is -0.142. The topological polar surface area (TPSA) is 85.2 Å². The van der Waals surface area contributed by atoms with Crippen molar-refractivity contribution < 1.29 is 24.2 Å². The van der Waals surface area contributed by atoms with Gasteiger partial charge >= 0.3 is 11.9 Å². The predicted octanol–water partition coefficient (Wildman–Crippen LogP) is 1.25. The maximum Gasteiger partial charge on any atom is 0.338 e. The molecule has 0 bridgehead atoms. The van der Waals surface area contributed by atoms with Crippen LogP contribution in [0.3, 0.4) is 0 Å². The molecule has 19 heavy (non-hydrogen) atoms. The first-order valence-corrected chi connectivity index (χ1v) is 5.83. The molecule has 1 aromatic rings. The second kappa shape index (κ2) is 5.99. The third kappa shape index (κ3) is 3.80. The van der Waals surface area contributed by atoms with Crippen LogP contribution in [0.1, 0.15) is 12.8 Å². The largest absolute Gasteiger partial charge is 0.493 e. The summed E-state index contributed by atoms with van der Waals surface area (Å²) in [6.07, 6.45) is -0.0152. The van der Waals surface area contributed by atoms with Gasteiger partial charge in [0, 0.05) is 0 Å². The van der Waals surface area contributed by atoms with Gasteiger partial charge in [-0.25, -0.2) is 9.79 Å². The summed E-state index contributed by atoms with van der Waals surface area (Å²) in [7, 11) is 0. The molecule has 1 atom stereocenters. The zero-order valence-corrected chi connectivity index (χ0v) is 10.1. The Bertz CT molecular complexity index is 497. The van der Waals surface area contributed by atoms with Gasteiger partial charge in [-0.05, 0) is 12.1 Å². The van der Waals surface area contributed by atoms with E-state index in [1.807, 2.05) is 30.3 Å². The summed E-state index contributed by atoms with van der Waals surface area (Å²) in [6.45, 7) is 0.315. The zero-order chi connectivity index (χ0) is 13.7. The number of carbonyl (C=O) groups is 2. The van der Waals surface area contributed by atoms with E-state index in [1.165, 1.54) is 0 Å². The summed E-state index contributed by atoms with van der Waals surface area (Å²) in [5.41, 5.74) is 0. The second-order valence-electron chi connectivity index (χ2n) is 3.97. The highest BCUT2D eigenvalue weighted by Crippen LogP contribution is 2.13. The molecule has 0 radical (unpaired) electrons. The minimum Gasteiger partial charge on any atom is -0.493 e. The predicted molar refractivity (Wildman–Crippen MR) is 66.1 cm³/mol. The molecule has 0 aliphatic carbocycles. The van der Waals surface area contributed by atoms with Crippen LogP contribution in [0.15, 0.2) is 35.3 Å². The Hall–Kier alpha value is -2.37. The number of cyclic esters (lactones) is 1. The number of rotatable bonds is 6. The van der Waals surface area contributed by atoms with Crippen molar-refractivity contribution in [3.8, 4) is 5.75 Å². The van der Waals surface area contributed by atoms with Crippen LogP contribution >= 0.6 is 0 Å². The van der Waals surface area contributed by atoms with E-state index in [9.17, 15) is 9.59 Å². The molecular formula is C13H13NO5. The summed E-state index contributed by atoms with van der Waals surface area (Å²) >= 11 is 0. The zero-order valence-electron chi connectivity index (χ0n) is 10.1. The lowest BCUT2D eigenvalue weighted by Crippen LogP contribution is -2.18. The molecule has 1 aliphatic heterocycles. The maximum absolute atomic E-state index is 11.3. The number of nitrogens with zero attached hydrogens (tertiary/aromatic N) is 1. The number of benzene rings is 1. The molecule has 1 aromatic carbocycles. The molecule has 1 heterocycles. The van der Waals surface area contributed by atoms with Crippen molar-refractivity contribution in [2.24, 2.45) is 4.99 Å². The van der Waals surface area contributed by atoms with Crippen molar-refractivity contribution >= 4 is 17.8 Å². The summed E-state index contributed by atoms with van der Waals surface area (Å²) in [5, 5.41) is 8.60. The first-order chi connectivity index (χ1) is 9.15. The van der Waals surface area contributed by atoms with Gasteiger partial charge in [0.15, 0.2) is 11.9 Å². The molecule has 0 saturated heterocycles. The molecule has 2 rings (SSSR count). The van der Waals surface area contributed by atoms with E-state index in [1.54, 1.807) is 0 Å². The average Bonchev–Trinajstić information content (AvgIpc) is 2.70. The van der Waals surface area contributed by atoms with Crippen LogP contribution in [0.25, 0.3) is 0 Å². The van der Waals surface area contributed by atoms with Crippen LogP contribution in [0.5, 0.6) is 5.75 Å². The fraction of sp³-hybridized carbons (Fsp3) is 0.308. The number of hydrogen-bond donors (Lipinski definition) is 1. The van der Waals surface area contributed by atoms with E-state index < -0.39 is 18.0 Å². The van der Waals surface area contributed by atoms with Crippen LogP contribution in [0.2, 0.25) is 0 Å². The molecule has 6 nitrogen and oxygen atoms in total. The first kappa shape index (κ1) is 13.1. The molecule has 1 N–H and O–H groups in total. The lowest BCUT2D eigenvalue weighted by Gasteiger charge is -2.04. The summed E-state index contributed by atoms with van der Waals surface area (Å²) in [5.74, 6) is -0.744. The number of ether oxygens (including phenoxy) is 2. The molecular weight excluding hydrogens is 250 g/mol. The first-order valence-electron chi connectivity index (χ1n) is 5.83. The molecule has 0 aromatic heterocycles. The fourth-order valence-corrected chi connectivity index (χ4v) is 1.62. The molecule has 0 saturated carbocycles. The van der Waals surface area contributed by atoms with E-state index in [2.05, 4.69) is 4.99 Å². The highest BCUT2D eigenvalue weighted by atomic mass is 16.6. The third-order valence-electron chi connectivity index (χ3n) is 2.49. The Morgan fingerprint density at radius 1 is 1.37 bits per heavy atom. The molecule has 0 fully saturated rings. The van der Waals surface area contributed by atoms with Crippen molar-refractivity contribution in [3.05, 3.63) is 30.3 Å². The van der Waals surface area contributed by atoms with Crippen molar-refractivity contribution in [1.29, 1.82) is 0 Å². The van der Waals surface area contributed by atoms with Gasteiger partial charge in [0.25, 0.3) is 0 Å². The van der Waals surface area contributed by atoms with E-state index >= 15 is 0 Å². The Morgan fingerprint density at radius 2 is 2.11 bits per heavy atom. The standard InChI is InChI=1S/C13H13NO5/c15-12(16)8-10-13(17)19-11(14-10)6-7-18-9-4-2-1-3-5-9/h1-5,10H,6-8H2,(H,15,16). The quantitative estimate of drug-likeness (QED) is 0.781. The number of carboxylic acid groups (broad SMARTS) is 1. The Morgan fingerprint density at radius 3 is 2.79 bits per heavy atom. The molecule has 6 heteroatoms. The SMILES string of the molecule is O=C(O)CC1N=C(CCOc2ccccc2)OC1=O. The van der Waals surface area contributed by atoms with E-state index in [0.29, 0.717) is 13.0 Å². The van der Waals surface area contributed by atoms with Crippen molar-refractivity contribution in [2.45, 2.75) is 18.9 Å². The molecule has 1 aliphatic rings. The smallest absolute Gasteiger partial charge is 0.338 e. The van der Waals surface area contributed by atoms with Crippen molar-refractivity contribution in [1.82, 2.24) is 0 Å². The molecule has 0 spiro atoms. The van der Waals surface area contributed by atoms with Gasteiger partial charge in [-0.15, -0.1) is 0 Å². The summed E-state index contributed by atoms with van der Waals surface area (Å²) in [4.78, 5) is 25.7. The van der Waals surface area contributed by atoms with Gasteiger partial charge in [-0.1, -0.05) is 18.2 Å². The number of aliphatic imine (C=N–C) groups is 1. The number of carbonyl (C=O) groups excluding carboxylic acids is 1. The number of esters is 1. The number of carboxylic acids is 1. The number of hydrogen-bond acceptors (Lipinski definition) is 5. The third-order valence-corrected chi connectivity index (χ3v) is 2.49. The van der Waals surface area contributed by atoms with Crippen LogP contribution in [0, 0.1) is 0 Å². The molecule has 100 valence electrons. The Kier molecular flexibility index (Phi) is 4.12. The fourth-order valence-electron chi connectivity index (χ4n) is 1.62. The van der Waals surface area contributed by atoms with Crippen LogP contribution < -0.4 is 4.74 Å². The van der Waals surface area contributed by atoms with Gasteiger partial charge in [0.2, 0.25) is 0 Å². The number of aliphatic carboxylic acids is 1. The van der Waals surface area contributed by atoms with E-state index in [0.717, 1.165) is 5.75 Å². The summed E-state index contributed by atoms with van der Waals surface area (Å²) < 4.78 is 10.3. The summed E-state index contributed by atoms with van der Waals surface area (Å²) in [6, 6.07) is 8.29. The second-order valence-corrected chi connectivity index (χ2v) is 3.97. The lowest BCUT2D eigenvalue weighted by atomic mass is 10.2. The van der Waals surface area contributed by atoms with E-state index in [4.69, 9.17) is 14.6 Å². The highest BCUT2D eigenvalue weighted by Gasteiger charge is 2.30. The van der Waals surface area contributed by atoms with Crippen molar-refractivity contribution in [3.63, 3.8) is 0 Å². The molecule has 0 amide bonds. The van der Waals surface area contributed by atoms with Gasteiger partial charge < -0.3 is 14.6 Å². The van der Waals surface area contributed by atoms with Crippen LogP contribution in [0.4, 0.5) is 0 Å². The Balaban J connectivity index is 1.80. The van der Waals surface area contributed by atoms with Crippen LogP contribution in [-0.2, 0) is 14.3 Å². The van der Waals surface area contributed by atoms with Gasteiger partial charge in [-0.3, -0.25) is 4.79 Å². The van der Waals surface area contributed by atoms with Gasteiger partial charge in [0.1, 0.15) is 5.75 Å². The maximum atomic E-state index is 11.3. The average molecular weight is 263 g/mol.